The summed E-state index contributed by atoms with van der Waals surface area (Å²) in [7, 11) is 0. The predicted octanol–water partition coefficient (Wildman–Crippen LogP) is 5.03. The van der Waals surface area contributed by atoms with E-state index in [4.69, 9.17) is 4.98 Å². The summed E-state index contributed by atoms with van der Waals surface area (Å²) in [4.78, 5) is 21.7. The van der Waals surface area contributed by atoms with Crippen LogP contribution in [0.2, 0.25) is 0 Å². The molecule has 27 heavy (non-hydrogen) atoms. The topological polar surface area (TPSA) is 54.9 Å². The van der Waals surface area contributed by atoms with E-state index in [2.05, 4.69) is 10.3 Å². The minimum atomic E-state index is -0.0600. The molecule has 0 aliphatic carbocycles. The lowest BCUT2D eigenvalue weighted by Crippen LogP contribution is -2.14. The van der Waals surface area contributed by atoms with Gasteiger partial charge in [-0.25, -0.2) is 9.97 Å². The Balaban J connectivity index is 1.59. The molecule has 0 atom stereocenters. The van der Waals surface area contributed by atoms with Gasteiger partial charge in [0.1, 0.15) is 5.03 Å². The highest BCUT2D eigenvalue weighted by Crippen LogP contribution is 2.28. The van der Waals surface area contributed by atoms with Gasteiger partial charge in [-0.05, 0) is 18.2 Å². The lowest BCUT2D eigenvalue weighted by atomic mass is 10.2. The van der Waals surface area contributed by atoms with E-state index in [1.807, 2.05) is 84.9 Å². The number of fused-ring (bicyclic) bond motifs is 1. The highest BCUT2D eigenvalue weighted by atomic mass is 32.2. The molecule has 4 aromatic rings. The van der Waals surface area contributed by atoms with Gasteiger partial charge >= 0.3 is 0 Å². The molecule has 0 saturated carbocycles. The SMILES string of the molecule is O=C(CSc1nc(-c2ccccc2)nc2ccccc12)Nc1ccccc1. The normalized spacial score (nSPS) is 10.7. The predicted molar refractivity (Wildman–Crippen MR) is 111 cm³/mol. The molecule has 0 fully saturated rings. The van der Waals surface area contributed by atoms with Crippen LogP contribution in [0.5, 0.6) is 0 Å². The lowest BCUT2D eigenvalue weighted by molar-refractivity contribution is -0.113. The summed E-state index contributed by atoms with van der Waals surface area (Å²) < 4.78 is 0. The number of thioether (sulfide) groups is 1. The average molecular weight is 371 g/mol. The van der Waals surface area contributed by atoms with Crippen molar-refractivity contribution >= 4 is 34.3 Å². The molecule has 132 valence electrons. The number of nitrogens with one attached hydrogen (secondary N) is 1. The van der Waals surface area contributed by atoms with Crippen LogP contribution < -0.4 is 5.32 Å². The molecule has 4 rings (SSSR count). The number of nitrogens with zero attached hydrogens (tertiary/aromatic N) is 2. The number of aromatic nitrogens is 2. The Hall–Kier alpha value is -3.18. The van der Waals surface area contributed by atoms with Crippen molar-refractivity contribution in [3.63, 3.8) is 0 Å². The maximum Gasteiger partial charge on any atom is 0.234 e. The molecule has 3 aromatic carbocycles. The number of rotatable bonds is 5. The van der Waals surface area contributed by atoms with Gasteiger partial charge in [0.25, 0.3) is 0 Å². The van der Waals surface area contributed by atoms with Gasteiger partial charge in [-0.3, -0.25) is 4.79 Å². The van der Waals surface area contributed by atoms with E-state index in [1.54, 1.807) is 0 Å². The van der Waals surface area contributed by atoms with E-state index in [1.165, 1.54) is 11.8 Å². The maximum absolute atomic E-state index is 12.3. The minimum Gasteiger partial charge on any atom is -0.325 e. The van der Waals surface area contributed by atoms with Crippen molar-refractivity contribution in [2.24, 2.45) is 0 Å². The summed E-state index contributed by atoms with van der Waals surface area (Å²) in [6.45, 7) is 0. The van der Waals surface area contributed by atoms with Crippen molar-refractivity contribution in [1.29, 1.82) is 0 Å². The highest BCUT2D eigenvalue weighted by Gasteiger charge is 2.11. The summed E-state index contributed by atoms with van der Waals surface area (Å²) in [5.74, 6) is 0.889. The third-order valence-electron chi connectivity index (χ3n) is 4.00. The lowest BCUT2D eigenvalue weighted by Gasteiger charge is -2.09. The van der Waals surface area contributed by atoms with Crippen molar-refractivity contribution in [2.45, 2.75) is 5.03 Å². The fourth-order valence-corrected chi connectivity index (χ4v) is 3.55. The molecule has 1 N–H and O–H groups in total. The van der Waals surface area contributed by atoms with Gasteiger partial charge in [0.15, 0.2) is 5.82 Å². The summed E-state index contributed by atoms with van der Waals surface area (Å²) >= 11 is 1.42. The molecule has 0 unspecified atom stereocenters. The average Bonchev–Trinajstić information content (AvgIpc) is 2.73. The Bertz CT molecular complexity index is 1070. The number of anilines is 1. The zero-order valence-corrected chi connectivity index (χ0v) is 15.3. The van der Waals surface area contributed by atoms with Crippen molar-refractivity contribution in [2.75, 3.05) is 11.1 Å². The molecule has 0 aliphatic rings. The van der Waals surface area contributed by atoms with Crippen molar-refractivity contribution in [3.05, 3.63) is 84.9 Å². The summed E-state index contributed by atoms with van der Waals surface area (Å²) in [6.07, 6.45) is 0. The quantitative estimate of drug-likeness (QED) is 0.395. The zero-order valence-electron chi connectivity index (χ0n) is 14.5. The Morgan fingerprint density at radius 1 is 0.815 bits per heavy atom. The Morgan fingerprint density at radius 2 is 1.48 bits per heavy atom. The third kappa shape index (κ3) is 4.15. The van der Waals surface area contributed by atoms with Crippen LogP contribution in [0.15, 0.2) is 90.0 Å². The van der Waals surface area contributed by atoms with Gasteiger partial charge in [0, 0.05) is 16.6 Å². The minimum absolute atomic E-state index is 0.0600. The van der Waals surface area contributed by atoms with Crippen molar-refractivity contribution < 1.29 is 4.79 Å². The molecular formula is C22H17N3OS. The number of carbonyl (C=O) groups is 1. The van der Waals surface area contributed by atoms with Crippen LogP contribution >= 0.6 is 11.8 Å². The van der Waals surface area contributed by atoms with Gasteiger partial charge in [0.05, 0.1) is 11.3 Å². The molecular weight excluding hydrogens is 354 g/mol. The first-order valence-electron chi connectivity index (χ1n) is 8.59. The van der Waals surface area contributed by atoms with E-state index >= 15 is 0 Å². The van der Waals surface area contributed by atoms with Crippen LogP contribution in [0, 0.1) is 0 Å². The molecule has 1 aromatic heterocycles. The molecule has 0 saturated heterocycles. The molecule has 1 amide bonds. The van der Waals surface area contributed by atoms with Gasteiger partial charge in [0.2, 0.25) is 5.91 Å². The van der Waals surface area contributed by atoms with Crippen LogP contribution in [0.3, 0.4) is 0 Å². The third-order valence-corrected chi connectivity index (χ3v) is 4.99. The maximum atomic E-state index is 12.3. The van der Waals surface area contributed by atoms with Gasteiger partial charge in [-0.15, -0.1) is 0 Å². The number of carbonyl (C=O) groups excluding carboxylic acids is 1. The zero-order chi connectivity index (χ0) is 18.5. The van der Waals surface area contributed by atoms with Crippen LogP contribution in [-0.4, -0.2) is 21.6 Å². The molecule has 5 heteroatoms. The first-order chi connectivity index (χ1) is 13.3. The first-order valence-corrected chi connectivity index (χ1v) is 9.58. The van der Waals surface area contributed by atoms with Crippen molar-refractivity contribution in [1.82, 2.24) is 9.97 Å². The molecule has 1 heterocycles. The summed E-state index contributed by atoms with van der Waals surface area (Å²) in [5, 5.41) is 4.66. The molecule has 0 aliphatic heterocycles. The van der Waals surface area contributed by atoms with E-state index in [0.717, 1.165) is 27.2 Å². The number of hydrogen-bond donors (Lipinski definition) is 1. The number of benzene rings is 3. The summed E-state index contributed by atoms with van der Waals surface area (Å²) in [5.41, 5.74) is 2.62. The van der Waals surface area contributed by atoms with Gasteiger partial charge < -0.3 is 5.32 Å². The first kappa shape index (κ1) is 17.2. The van der Waals surface area contributed by atoms with Crippen LogP contribution in [-0.2, 0) is 4.79 Å². The second-order valence-electron chi connectivity index (χ2n) is 5.94. The van der Waals surface area contributed by atoms with E-state index < -0.39 is 0 Å². The van der Waals surface area contributed by atoms with E-state index in [0.29, 0.717) is 5.82 Å². The van der Waals surface area contributed by atoms with Crippen molar-refractivity contribution in [3.8, 4) is 11.4 Å². The van der Waals surface area contributed by atoms with Gasteiger partial charge in [-0.1, -0.05) is 78.5 Å². The fraction of sp³-hybridized carbons (Fsp3) is 0.0455. The summed E-state index contributed by atoms with van der Waals surface area (Å²) in [6, 6.07) is 27.2. The Labute approximate surface area is 161 Å². The molecule has 4 nitrogen and oxygen atoms in total. The smallest absolute Gasteiger partial charge is 0.234 e. The number of para-hydroxylation sites is 2. The van der Waals surface area contributed by atoms with E-state index in [9.17, 15) is 4.79 Å². The highest BCUT2D eigenvalue weighted by molar-refractivity contribution is 8.00. The Kier molecular flexibility index (Phi) is 5.12. The van der Waals surface area contributed by atoms with Crippen LogP contribution in [0.25, 0.3) is 22.3 Å². The van der Waals surface area contributed by atoms with E-state index in [-0.39, 0.29) is 11.7 Å². The molecule has 0 radical (unpaired) electrons. The van der Waals surface area contributed by atoms with Crippen LogP contribution in [0.4, 0.5) is 5.69 Å². The number of amides is 1. The van der Waals surface area contributed by atoms with Crippen LogP contribution in [0.1, 0.15) is 0 Å². The number of hydrogen-bond acceptors (Lipinski definition) is 4. The second kappa shape index (κ2) is 8.01. The molecule has 0 bridgehead atoms. The fourth-order valence-electron chi connectivity index (χ4n) is 2.73. The Morgan fingerprint density at radius 3 is 2.26 bits per heavy atom. The monoisotopic (exact) mass is 371 g/mol. The standard InChI is InChI=1S/C22H17N3OS/c26-20(23-17-11-5-2-6-12-17)15-27-22-18-13-7-8-14-19(18)24-21(25-22)16-9-3-1-4-10-16/h1-14H,15H2,(H,23,26). The largest absolute Gasteiger partial charge is 0.325 e. The molecule has 0 spiro atoms. The van der Waals surface area contributed by atoms with Gasteiger partial charge in [-0.2, -0.15) is 0 Å². The second-order valence-corrected chi connectivity index (χ2v) is 6.90.